The zero-order valence-corrected chi connectivity index (χ0v) is 27.2. The van der Waals surface area contributed by atoms with Crippen molar-refractivity contribution in [3.8, 4) is 33.4 Å². The number of fused-ring (bicyclic) bond motifs is 6. The first-order chi connectivity index (χ1) is 22.2. The lowest BCUT2D eigenvalue weighted by Crippen LogP contribution is -2.29. The number of carbonyl (C=O) groups excluding carboxylic acids is 2. The highest BCUT2D eigenvalue weighted by molar-refractivity contribution is 9.10. The van der Waals surface area contributed by atoms with Crippen LogP contribution in [0.5, 0.6) is 0 Å². The molecule has 0 heterocycles. The van der Waals surface area contributed by atoms with Gasteiger partial charge in [0.05, 0.1) is 0 Å². The van der Waals surface area contributed by atoms with Crippen molar-refractivity contribution in [1.82, 2.24) is 0 Å². The minimum absolute atomic E-state index is 0.103. The van der Waals surface area contributed by atoms with E-state index in [0.29, 0.717) is 15.5 Å². The summed E-state index contributed by atoms with van der Waals surface area (Å²) in [6.07, 6.45) is 0. The fourth-order valence-electron chi connectivity index (χ4n) is 5.61. The molecule has 0 saturated carbocycles. The van der Waals surface area contributed by atoms with Gasteiger partial charge in [0, 0.05) is 36.8 Å². The van der Waals surface area contributed by atoms with Crippen molar-refractivity contribution < 1.29 is 19.6 Å². The van der Waals surface area contributed by atoms with E-state index >= 15 is 0 Å². The quantitative estimate of drug-likeness (QED) is 0.176. The monoisotopic (exact) mass is 704 g/mol. The van der Waals surface area contributed by atoms with E-state index in [4.69, 9.17) is 33.2 Å². The predicted molar refractivity (Wildman–Crippen MR) is 190 cm³/mol. The topological polar surface area (TPSA) is 74.6 Å². The van der Waals surface area contributed by atoms with Crippen LogP contribution < -0.4 is 5.46 Å². The van der Waals surface area contributed by atoms with Crippen LogP contribution in [0.4, 0.5) is 0 Å². The van der Waals surface area contributed by atoms with Crippen molar-refractivity contribution in [3.63, 3.8) is 0 Å². The van der Waals surface area contributed by atoms with E-state index in [2.05, 4.69) is 15.9 Å². The Labute approximate surface area is 285 Å². The maximum atomic E-state index is 12.7. The largest absolute Gasteiger partial charge is 0.488 e. The molecular weight excluding hydrogens is 682 g/mol. The lowest BCUT2D eigenvalue weighted by molar-refractivity contribution is 0.103. The highest BCUT2D eigenvalue weighted by Crippen LogP contribution is 2.42. The summed E-state index contributed by atoms with van der Waals surface area (Å²) in [6.45, 7) is 0. The van der Waals surface area contributed by atoms with Crippen LogP contribution in [0.3, 0.4) is 0 Å². The summed E-state index contributed by atoms with van der Waals surface area (Å²) in [4.78, 5) is 24.8. The third-order valence-electron chi connectivity index (χ3n) is 7.78. The van der Waals surface area contributed by atoms with Crippen molar-refractivity contribution in [2.45, 2.75) is 0 Å². The van der Waals surface area contributed by atoms with Gasteiger partial charge in [-0.25, -0.2) is 0 Å². The first-order valence-electron chi connectivity index (χ1n) is 14.3. The Morgan fingerprint density at radius 3 is 1.41 bits per heavy atom. The molecule has 0 fully saturated rings. The Morgan fingerprint density at radius 1 is 0.457 bits per heavy atom. The van der Waals surface area contributed by atoms with Crippen LogP contribution in [0, 0.1) is 0 Å². The molecule has 0 spiro atoms. The van der Waals surface area contributed by atoms with E-state index in [1.165, 1.54) is 0 Å². The Bertz CT molecular complexity index is 2090. The third kappa shape index (κ3) is 6.23. The van der Waals surface area contributed by atoms with Crippen LogP contribution in [0.1, 0.15) is 31.8 Å². The summed E-state index contributed by atoms with van der Waals surface area (Å²) in [5.74, 6) is 0.222. The molecule has 6 aromatic carbocycles. The normalized spacial score (nSPS) is 11.7. The molecular formula is C38H24BBrCl2O4. The highest BCUT2D eigenvalue weighted by Gasteiger charge is 2.29. The summed E-state index contributed by atoms with van der Waals surface area (Å²) in [5.41, 5.74) is 9.71. The molecule has 0 aromatic heterocycles. The summed E-state index contributed by atoms with van der Waals surface area (Å²) in [7, 11) is -1.41. The van der Waals surface area contributed by atoms with Crippen LogP contribution in [-0.4, -0.2) is 28.7 Å². The first-order valence-corrected chi connectivity index (χ1v) is 15.9. The number of hydrogen-bond acceptors (Lipinski definition) is 4. The molecule has 6 aromatic rings. The molecule has 224 valence electrons. The number of benzene rings is 6. The Kier molecular flexibility index (Phi) is 9.36. The Hall–Kier alpha value is -4.30. The number of hydrogen-bond donors (Lipinski definition) is 2. The average molecular weight is 706 g/mol. The van der Waals surface area contributed by atoms with E-state index in [1.807, 2.05) is 109 Å². The van der Waals surface area contributed by atoms with Gasteiger partial charge in [0.25, 0.3) is 0 Å². The van der Waals surface area contributed by atoms with E-state index in [-0.39, 0.29) is 11.6 Å². The summed E-state index contributed by atoms with van der Waals surface area (Å²) < 4.78 is 0.876. The van der Waals surface area contributed by atoms with Crippen molar-refractivity contribution >= 4 is 63.3 Å². The average Bonchev–Trinajstić information content (AvgIpc) is 3.54. The van der Waals surface area contributed by atoms with Gasteiger partial charge in [-0.2, -0.15) is 0 Å². The van der Waals surface area contributed by atoms with E-state index in [0.717, 1.165) is 60.1 Å². The second-order valence-electron chi connectivity index (χ2n) is 10.6. The second-order valence-corrected chi connectivity index (χ2v) is 12.3. The van der Waals surface area contributed by atoms with Gasteiger partial charge in [-0.3, -0.25) is 9.59 Å². The molecule has 0 amide bonds. The van der Waals surface area contributed by atoms with Gasteiger partial charge in [0.1, 0.15) is 0 Å². The van der Waals surface area contributed by atoms with Crippen molar-refractivity contribution in [3.05, 3.63) is 170 Å². The minimum Gasteiger partial charge on any atom is -0.423 e. The predicted octanol–water partition coefficient (Wildman–Crippen LogP) is 8.90. The zero-order valence-electron chi connectivity index (χ0n) is 24.1. The Morgan fingerprint density at radius 2 is 0.870 bits per heavy atom. The first kappa shape index (κ1) is 31.7. The molecule has 0 radical (unpaired) electrons. The highest BCUT2D eigenvalue weighted by atomic mass is 79.9. The van der Waals surface area contributed by atoms with Crippen LogP contribution in [-0.2, 0) is 0 Å². The molecule has 46 heavy (non-hydrogen) atoms. The lowest BCUT2D eigenvalue weighted by Gasteiger charge is -2.08. The number of rotatable bonds is 2. The molecule has 0 atom stereocenters. The van der Waals surface area contributed by atoms with Gasteiger partial charge in [0.2, 0.25) is 0 Å². The molecule has 0 unspecified atom stereocenters. The minimum atomic E-state index is -1.41. The van der Waals surface area contributed by atoms with Crippen LogP contribution in [0.25, 0.3) is 33.4 Å². The van der Waals surface area contributed by atoms with Gasteiger partial charge in [-0.1, -0.05) is 142 Å². The molecule has 0 aliphatic heterocycles. The molecule has 0 saturated heterocycles. The zero-order chi connectivity index (χ0) is 32.4. The maximum absolute atomic E-state index is 12.7. The van der Waals surface area contributed by atoms with Gasteiger partial charge in [-0.15, -0.1) is 0 Å². The van der Waals surface area contributed by atoms with Crippen molar-refractivity contribution in [2.75, 3.05) is 0 Å². The van der Waals surface area contributed by atoms with Gasteiger partial charge in [0.15, 0.2) is 11.6 Å². The van der Waals surface area contributed by atoms with E-state index in [1.54, 1.807) is 24.3 Å². The second kappa shape index (κ2) is 13.6. The number of carbonyl (C=O) groups is 2. The third-order valence-corrected chi connectivity index (χ3v) is 8.94. The van der Waals surface area contributed by atoms with Crippen LogP contribution >= 0.6 is 39.1 Å². The fraction of sp³-hybridized carbons (Fsp3) is 0. The molecule has 8 rings (SSSR count). The molecule has 4 nitrogen and oxygen atoms in total. The fourth-order valence-corrected chi connectivity index (χ4v) is 6.41. The van der Waals surface area contributed by atoms with Gasteiger partial charge in [-0.05, 0) is 69.2 Å². The number of halogens is 3. The molecule has 8 heteroatoms. The number of ketones is 2. The standard InChI is InChI=1S/C19H11ClO.C13H7BrO.C6H6BClO2/c20-13-10-8-12(9-11-13)14-6-3-7-16-15-4-1-2-5-17(15)19(21)18(14)16;14-11-7-3-6-9-8-4-1-2-5-10(8)13(15)12(9)11;8-6-3-1-5(2-4-6)7(9)10/h1-11H;1-7H;1-4,9-10H. The SMILES string of the molecule is O=C1c2ccccc2-c2cccc(-c3ccc(Cl)cc3)c21.O=C1c2ccccc2-c2cccc(Br)c21.OB(O)c1ccc(Cl)cc1. The maximum Gasteiger partial charge on any atom is 0.488 e. The van der Waals surface area contributed by atoms with Crippen LogP contribution in [0.2, 0.25) is 10.0 Å². The van der Waals surface area contributed by atoms with E-state index < -0.39 is 7.12 Å². The molecule has 0 bridgehead atoms. The van der Waals surface area contributed by atoms with E-state index in [9.17, 15) is 9.59 Å². The van der Waals surface area contributed by atoms with Crippen molar-refractivity contribution in [2.24, 2.45) is 0 Å². The lowest BCUT2D eigenvalue weighted by atomic mass is 9.81. The smallest absolute Gasteiger partial charge is 0.423 e. The summed E-state index contributed by atoms with van der Waals surface area (Å²) in [5, 5.41) is 18.5. The summed E-state index contributed by atoms with van der Waals surface area (Å²) in [6, 6.07) is 41.3. The molecule has 2 aliphatic carbocycles. The molecule has 2 N–H and O–H groups in total. The van der Waals surface area contributed by atoms with Gasteiger partial charge < -0.3 is 10.0 Å². The van der Waals surface area contributed by atoms with Gasteiger partial charge >= 0.3 is 7.12 Å². The summed E-state index contributed by atoms with van der Waals surface area (Å²) >= 11 is 14.9. The van der Waals surface area contributed by atoms with Crippen LogP contribution in [0.15, 0.2) is 138 Å². The molecule has 2 aliphatic rings. The van der Waals surface area contributed by atoms with Crippen molar-refractivity contribution in [1.29, 1.82) is 0 Å². The Balaban J connectivity index is 0.000000130.